The third-order valence-corrected chi connectivity index (χ3v) is 3.15. The quantitative estimate of drug-likeness (QED) is 0.618. The van der Waals surface area contributed by atoms with Gasteiger partial charge < -0.3 is 0 Å². The Morgan fingerprint density at radius 1 is 1.17 bits per heavy atom. The van der Waals surface area contributed by atoms with Crippen LogP contribution in [0.5, 0.6) is 0 Å². The van der Waals surface area contributed by atoms with Crippen molar-refractivity contribution >= 4 is 0 Å². The lowest BCUT2D eigenvalue weighted by atomic mass is 9.84. The second-order valence-electron chi connectivity index (χ2n) is 4.84. The summed E-state index contributed by atoms with van der Waals surface area (Å²) in [5.74, 6) is 0.687. The molecule has 100 valence electrons. The molecule has 0 aromatic heterocycles. The number of allylic oxidation sites excluding steroid dienone is 1. The highest BCUT2D eigenvalue weighted by Gasteiger charge is 2.30. The van der Waals surface area contributed by atoms with Crippen molar-refractivity contribution < 1.29 is 13.2 Å². The van der Waals surface area contributed by atoms with Crippen LogP contribution in [0.4, 0.5) is 13.2 Å². The maximum absolute atomic E-state index is 12.5. The average Bonchev–Trinajstić information content (AvgIpc) is 2.28. The minimum absolute atomic E-state index is 0.283. The van der Waals surface area contributed by atoms with E-state index in [1.54, 1.807) is 12.1 Å². The van der Waals surface area contributed by atoms with E-state index in [1.165, 1.54) is 12.1 Å². The number of alkyl halides is 3. The highest BCUT2D eigenvalue weighted by Crippen LogP contribution is 2.33. The van der Waals surface area contributed by atoms with Crippen molar-refractivity contribution in [3.05, 3.63) is 48.0 Å². The van der Waals surface area contributed by atoms with Crippen molar-refractivity contribution in [2.24, 2.45) is 5.92 Å². The first-order valence-electron chi connectivity index (χ1n) is 6.14. The van der Waals surface area contributed by atoms with Crippen molar-refractivity contribution in [2.45, 2.75) is 38.8 Å². The van der Waals surface area contributed by atoms with Crippen molar-refractivity contribution in [3.63, 3.8) is 0 Å². The number of halogens is 3. The minimum atomic E-state index is -4.26. The number of benzene rings is 1. The van der Waals surface area contributed by atoms with Gasteiger partial charge in [0.15, 0.2) is 0 Å². The van der Waals surface area contributed by atoms with Crippen LogP contribution in [0, 0.1) is 5.92 Å². The van der Waals surface area contributed by atoms with E-state index in [2.05, 4.69) is 20.4 Å². The highest BCUT2D eigenvalue weighted by atomic mass is 19.4. The Balaban J connectivity index is 2.90. The van der Waals surface area contributed by atoms with Gasteiger partial charge in [0.2, 0.25) is 0 Å². The fourth-order valence-electron chi connectivity index (χ4n) is 2.10. The van der Waals surface area contributed by atoms with E-state index in [4.69, 9.17) is 0 Å². The van der Waals surface area contributed by atoms with Gasteiger partial charge in [-0.15, -0.1) is 6.58 Å². The molecule has 0 saturated carbocycles. The van der Waals surface area contributed by atoms with E-state index in [0.29, 0.717) is 5.92 Å². The van der Waals surface area contributed by atoms with Gasteiger partial charge in [-0.2, -0.15) is 13.2 Å². The van der Waals surface area contributed by atoms with Gasteiger partial charge in [0, 0.05) is 0 Å². The van der Waals surface area contributed by atoms with Crippen molar-refractivity contribution in [2.75, 3.05) is 0 Å². The molecule has 0 aliphatic heterocycles. The number of hydrogen-bond acceptors (Lipinski definition) is 0. The summed E-state index contributed by atoms with van der Waals surface area (Å²) in [5.41, 5.74) is 0.386. The molecule has 0 N–H and O–H groups in total. The van der Waals surface area contributed by atoms with Crippen LogP contribution < -0.4 is 0 Å². The smallest absolute Gasteiger partial charge is 0.166 e. The summed E-state index contributed by atoms with van der Waals surface area (Å²) < 4.78 is 37.4. The summed E-state index contributed by atoms with van der Waals surface area (Å²) in [6.45, 7) is 7.86. The number of rotatable bonds is 5. The number of hydrogen-bond donors (Lipinski definition) is 0. The van der Waals surface area contributed by atoms with Crippen LogP contribution in [0.25, 0.3) is 0 Å². The van der Waals surface area contributed by atoms with Crippen LogP contribution >= 0.6 is 0 Å². The maximum Gasteiger partial charge on any atom is 0.416 e. The van der Waals surface area contributed by atoms with Crippen LogP contribution in [-0.4, -0.2) is 0 Å². The first-order valence-corrected chi connectivity index (χ1v) is 6.14. The van der Waals surface area contributed by atoms with Gasteiger partial charge in [-0.25, -0.2) is 0 Å². The standard InChI is InChI=1S/C15H19F3/c1-4-5-6-14(11(2)3)12-7-9-13(10-8-12)15(16,17)18/h4,7-11,14H,1,5-6H2,2-3H3. The molecular formula is C15H19F3. The van der Waals surface area contributed by atoms with E-state index in [0.717, 1.165) is 18.4 Å². The molecule has 0 aliphatic carbocycles. The molecule has 0 heterocycles. The lowest BCUT2D eigenvalue weighted by Crippen LogP contribution is -2.09. The predicted octanol–water partition coefficient (Wildman–Crippen LogP) is 5.41. The van der Waals surface area contributed by atoms with E-state index in [-0.39, 0.29) is 5.92 Å². The molecule has 0 radical (unpaired) electrons. The van der Waals surface area contributed by atoms with Gasteiger partial charge in [0.25, 0.3) is 0 Å². The fourth-order valence-corrected chi connectivity index (χ4v) is 2.10. The Morgan fingerprint density at radius 3 is 2.11 bits per heavy atom. The van der Waals surface area contributed by atoms with Crippen LogP contribution in [-0.2, 0) is 6.18 Å². The summed E-state index contributed by atoms with van der Waals surface area (Å²) in [4.78, 5) is 0. The van der Waals surface area contributed by atoms with Gasteiger partial charge in [0.05, 0.1) is 5.56 Å². The molecule has 0 spiro atoms. The van der Waals surface area contributed by atoms with Crippen LogP contribution in [0.1, 0.15) is 43.7 Å². The molecule has 18 heavy (non-hydrogen) atoms. The van der Waals surface area contributed by atoms with E-state index in [1.807, 2.05) is 6.08 Å². The minimum Gasteiger partial charge on any atom is -0.166 e. The Morgan fingerprint density at radius 2 is 1.72 bits per heavy atom. The molecule has 0 bridgehead atoms. The lowest BCUT2D eigenvalue weighted by molar-refractivity contribution is -0.137. The summed E-state index contributed by atoms with van der Waals surface area (Å²) in [6, 6.07) is 5.52. The average molecular weight is 256 g/mol. The fraction of sp³-hybridized carbons (Fsp3) is 0.467. The summed E-state index contributed by atoms with van der Waals surface area (Å²) in [6.07, 6.45) is -0.608. The first-order chi connectivity index (χ1) is 8.36. The summed E-state index contributed by atoms with van der Waals surface area (Å²) in [5, 5.41) is 0. The molecule has 3 heteroatoms. The molecule has 1 aromatic rings. The van der Waals surface area contributed by atoms with E-state index >= 15 is 0 Å². The van der Waals surface area contributed by atoms with Gasteiger partial charge >= 0.3 is 6.18 Å². The molecule has 0 fully saturated rings. The molecule has 0 saturated heterocycles. The third-order valence-electron chi connectivity index (χ3n) is 3.15. The largest absolute Gasteiger partial charge is 0.416 e. The summed E-state index contributed by atoms with van der Waals surface area (Å²) in [7, 11) is 0. The third kappa shape index (κ3) is 3.90. The molecule has 0 amide bonds. The molecule has 1 aromatic carbocycles. The molecular weight excluding hydrogens is 237 g/mol. The monoisotopic (exact) mass is 256 g/mol. The Labute approximate surface area is 107 Å². The van der Waals surface area contributed by atoms with Crippen molar-refractivity contribution in [3.8, 4) is 0 Å². The SMILES string of the molecule is C=CCCC(c1ccc(C(F)(F)F)cc1)C(C)C. The van der Waals surface area contributed by atoms with Gasteiger partial charge in [-0.05, 0) is 42.4 Å². The zero-order chi connectivity index (χ0) is 13.8. The van der Waals surface area contributed by atoms with Gasteiger partial charge in [-0.1, -0.05) is 32.1 Å². The zero-order valence-electron chi connectivity index (χ0n) is 10.8. The second kappa shape index (κ2) is 6.07. The van der Waals surface area contributed by atoms with Crippen molar-refractivity contribution in [1.82, 2.24) is 0 Å². The zero-order valence-corrected chi connectivity index (χ0v) is 10.8. The second-order valence-corrected chi connectivity index (χ2v) is 4.84. The summed E-state index contributed by atoms with van der Waals surface area (Å²) >= 11 is 0. The Kier molecular flexibility index (Phi) is 5.00. The topological polar surface area (TPSA) is 0 Å². The molecule has 0 aliphatic rings. The molecule has 0 nitrogen and oxygen atoms in total. The van der Waals surface area contributed by atoms with Crippen LogP contribution in [0.2, 0.25) is 0 Å². The highest BCUT2D eigenvalue weighted by molar-refractivity contribution is 5.27. The van der Waals surface area contributed by atoms with E-state index in [9.17, 15) is 13.2 Å². The lowest BCUT2D eigenvalue weighted by Gasteiger charge is -2.21. The van der Waals surface area contributed by atoms with Gasteiger partial charge in [0.1, 0.15) is 0 Å². The maximum atomic E-state index is 12.5. The predicted molar refractivity (Wildman–Crippen MR) is 68.5 cm³/mol. The van der Waals surface area contributed by atoms with Crippen LogP contribution in [0.3, 0.4) is 0 Å². The molecule has 1 rings (SSSR count). The molecule has 1 atom stereocenters. The first kappa shape index (κ1) is 14.8. The van der Waals surface area contributed by atoms with Crippen LogP contribution in [0.15, 0.2) is 36.9 Å². The Bertz CT molecular complexity index is 374. The molecule has 1 unspecified atom stereocenters. The van der Waals surface area contributed by atoms with Gasteiger partial charge in [-0.3, -0.25) is 0 Å². The van der Waals surface area contributed by atoms with Crippen molar-refractivity contribution in [1.29, 1.82) is 0 Å². The Hall–Kier alpha value is -1.25. The van der Waals surface area contributed by atoms with E-state index < -0.39 is 11.7 Å². The normalized spacial score (nSPS) is 13.7.